The third-order valence-corrected chi connectivity index (χ3v) is 4.91. The lowest BCUT2D eigenvalue weighted by atomic mass is 9.87. The second kappa shape index (κ2) is 7.15. The summed E-state index contributed by atoms with van der Waals surface area (Å²) in [6.45, 7) is 2.78. The molecule has 0 aliphatic heterocycles. The van der Waals surface area contributed by atoms with Crippen molar-refractivity contribution in [2.45, 2.75) is 51.4 Å². The highest BCUT2D eigenvalue weighted by atomic mass is 19.4. The van der Waals surface area contributed by atoms with Crippen LogP contribution in [0, 0.1) is 5.92 Å². The van der Waals surface area contributed by atoms with E-state index >= 15 is 0 Å². The van der Waals surface area contributed by atoms with Crippen LogP contribution < -0.4 is 0 Å². The van der Waals surface area contributed by atoms with E-state index in [1.54, 1.807) is 6.07 Å². The van der Waals surface area contributed by atoms with Crippen LogP contribution in [0.1, 0.15) is 44.1 Å². The summed E-state index contributed by atoms with van der Waals surface area (Å²) in [5.41, 5.74) is -0.413. The van der Waals surface area contributed by atoms with Crippen molar-refractivity contribution in [2.75, 3.05) is 7.05 Å². The van der Waals surface area contributed by atoms with E-state index in [1.807, 2.05) is 7.05 Å². The molecule has 0 amide bonds. The molecule has 1 aliphatic rings. The predicted molar refractivity (Wildman–Crippen MR) is 87.6 cm³/mol. The van der Waals surface area contributed by atoms with E-state index in [0.717, 1.165) is 30.9 Å². The van der Waals surface area contributed by atoms with Gasteiger partial charge in [0.15, 0.2) is 0 Å². The van der Waals surface area contributed by atoms with Crippen LogP contribution in [0.15, 0.2) is 28.8 Å². The van der Waals surface area contributed by atoms with Gasteiger partial charge in [0.05, 0.1) is 12.1 Å². The van der Waals surface area contributed by atoms with Gasteiger partial charge in [0.1, 0.15) is 0 Å². The molecular formula is C18H22F3N3O. The van der Waals surface area contributed by atoms with Crippen LogP contribution in [0.2, 0.25) is 0 Å². The summed E-state index contributed by atoms with van der Waals surface area (Å²) >= 11 is 0. The summed E-state index contributed by atoms with van der Waals surface area (Å²) in [7, 11) is 2.02. The van der Waals surface area contributed by atoms with E-state index < -0.39 is 11.7 Å². The molecule has 4 nitrogen and oxygen atoms in total. The van der Waals surface area contributed by atoms with Crippen LogP contribution in [0.25, 0.3) is 11.4 Å². The molecule has 7 heteroatoms. The van der Waals surface area contributed by atoms with Crippen molar-refractivity contribution in [3.8, 4) is 11.4 Å². The van der Waals surface area contributed by atoms with Gasteiger partial charge >= 0.3 is 6.18 Å². The molecule has 0 N–H and O–H groups in total. The van der Waals surface area contributed by atoms with Gasteiger partial charge in [-0.2, -0.15) is 18.2 Å². The highest BCUT2D eigenvalue weighted by molar-refractivity contribution is 5.55. The molecule has 1 aromatic carbocycles. The quantitative estimate of drug-likeness (QED) is 0.794. The third-order valence-electron chi connectivity index (χ3n) is 4.91. The van der Waals surface area contributed by atoms with Crippen LogP contribution in [0.5, 0.6) is 0 Å². The number of nitrogens with zero attached hydrogens (tertiary/aromatic N) is 3. The number of hydrogen-bond donors (Lipinski definition) is 0. The van der Waals surface area contributed by atoms with Gasteiger partial charge in [0, 0.05) is 11.6 Å². The maximum atomic E-state index is 12.8. The van der Waals surface area contributed by atoms with Crippen LogP contribution in [0.4, 0.5) is 13.2 Å². The zero-order valence-electron chi connectivity index (χ0n) is 14.4. The average Bonchev–Trinajstić information content (AvgIpc) is 3.03. The Labute approximate surface area is 145 Å². The average molecular weight is 353 g/mol. The summed E-state index contributed by atoms with van der Waals surface area (Å²) < 4.78 is 43.7. The number of alkyl halides is 3. The molecule has 3 rings (SSSR count). The van der Waals surface area contributed by atoms with Crippen LogP contribution in [0.3, 0.4) is 0 Å². The summed E-state index contributed by atoms with van der Waals surface area (Å²) in [5, 5.41) is 3.84. The van der Waals surface area contributed by atoms with E-state index in [2.05, 4.69) is 22.0 Å². The molecule has 1 fully saturated rings. The molecule has 1 aromatic heterocycles. The first-order chi connectivity index (χ1) is 11.8. The smallest absolute Gasteiger partial charge is 0.338 e. The highest BCUT2D eigenvalue weighted by Gasteiger charge is 2.31. The first-order valence-electron chi connectivity index (χ1n) is 8.53. The Morgan fingerprint density at radius 2 is 1.92 bits per heavy atom. The fourth-order valence-electron chi connectivity index (χ4n) is 3.30. The van der Waals surface area contributed by atoms with Gasteiger partial charge in [-0.15, -0.1) is 0 Å². The van der Waals surface area contributed by atoms with Gasteiger partial charge in [-0.25, -0.2) is 0 Å². The maximum Gasteiger partial charge on any atom is 0.416 e. The lowest BCUT2D eigenvalue weighted by molar-refractivity contribution is -0.137. The Morgan fingerprint density at radius 1 is 1.20 bits per heavy atom. The van der Waals surface area contributed by atoms with Crippen LogP contribution >= 0.6 is 0 Å². The summed E-state index contributed by atoms with van der Waals surface area (Å²) in [6, 6.07) is 5.46. The van der Waals surface area contributed by atoms with E-state index in [9.17, 15) is 13.2 Å². The molecule has 25 heavy (non-hydrogen) atoms. The molecule has 0 atom stereocenters. The van der Waals surface area contributed by atoms with Crippen LogP contribution in [-0.4, -0.2) is 28.1 Å². The van der Waals surface area contributed by atoms with Gasteiger partial charge in [-0.05, 0) is 50.8 Å². The number of halogens is 3. The van der Waals surface area contributed by atoms with Gasteiger partial charge in [0.2, 0.25) is 11.7 Å². The van der Waals surface area contributed by atoms with Gasteiger partial charge in [-0.3, -0.25) is 4.90 Å². The Morgan fingerprint density at radius 3 is 2.60 bits per heavy atom. The van der Waals surface area contributed by atoms with E-state index in [1.165, 1.54) is 18.9 Å². The number of benzene rings is 1. The lowest BCUT2D eigenvalue weighted by Crippen LogP contribution is -2.34. The molecule has 1 heterocycles. The highest BCUT2D eigenvalue weighted by Crippen LogP contribution is 2.31. The van der Waals surface area contributed by atoms with Crippen molar-refractivity contribution in [1.29, 1.82) is 0 Å². The molecule has 0 radical (unpaired) electrons. The Bertz CT molecular complexity index is 706. The second-order valence-electron chi connectivity index (χ2n) is 6.92. The van der Waals surface area contributed by atoms with Crippen molar-refractivity contribution in [1.82, 2.24) is 15.0 Å². The van der Waals surface area contributed by atoms with Crippen molar-refractivity contribution in [3.63, 3.8) is 0 Å². The van der Waals surface area contributed by atoms with Crippen molar-refractivity contribution >= 4 is 0 Å². The first-order valence-corrected chi connectivity index (χ1v) is 8.53. The molecule has 1 saturated carbocycles. The topological polar surface area (TPSA) is 42.2 Å². The molecule has 0 spiro atoms. The molecule has 0 unspecified atom stereocenters. The van der Waals surface area contributed by atoms with Crippen molar-refractivity contribution in [2.24, 2.45) is 5.92 Å². The monoisotopic (exact) mass is 353 g/mol. The summed E-state index contributed by atoms with van der Waals surface area (Å²) in [5.74, 6) is 1.39. The Balaban J connectivity index is 1.68. The van der Waals surface area contributed by atoms with E-state index in [-0.39, 0.29) is 5.82 Å². The van der Waals surface area contributed by atoms with Gasteiger partial charge in [-0.1, -0.05) is 24.2 Å². The van der Waals surface area contributed by atoms with Crippen molar-refractivity contribution in [3.05, 3.63) is 35.7 Å². The molecule has 0 bridgehead atoms. The fraction of sp³-hybridized carbons (Fsp3) is 0.556. The number of aromatic nitrogens is 2. The van der Waals surface area contributed by atoms with Gasteiger partial charge < -0.3 is 4.52 Å². The van der Waals surface area contributed by atoms with Crippen molar-refractivity contribution < 1.29 is 17.7 Å². The molecule has 0 saturated heterocycles. The van der Waals surface area contributed by atoms with E-state index in [0.29, 0.717) is 24.0 Å². The fourth-order valence-corrected chi connectivity index (χ4v) is 3.30. The Hall–Kier alpha value is -1.89. The maximum absolute atomic E-state index is 12.8. The minimum absolute atomic E-state index is 0.187. The summed E-state index contributed by atoms with van der Waals surface area (Å²) in [6.07, 6.45) is 0.335. The normalized spacial score (nSPS) is 21.7. The molecular weight excluding hydrogens is 331 g/mol. The lowest BCUT2D eigenvalue weighted by Gasteiger charge is -2.32. The predicted octanol–water partition coefficient (Wildman–Crippen LogP) is 4.77. The molecule has 1 aliphatic carbocycles. The minimum atomic E-state index is -4.39. The largest absolute Gasteiger partial charge is 0.416 e. The number of hydrogen-bond acceptors (Lipinski definition) is 4. The SMILES string of the molecule is CC1CCC(N(C)Cc2nc(-c3cccc(C(F)(F)F)c3)no2)CC1. The molecule has 2 aromatic rings. The summed E-state index contributed by atoms with van der Waals surface area (Å²) in [4.78, 5) is 6.46. The zero-order chi connectivity index (χ0) is 18.0. The van der Waals surface area contributed by atoms with Gasteiger partial charge in [0.25, 0.3) is 0 Å². The zero-order valence-corrected chi connectivity index (χ0v) is 14.4. The second-order valence-corrected chi connectivity index (χ2v) is 6.92. The Kier molecular flexibility index (Phi) is 5.13. The minimum Gasteiger partial charge on any atom is -0.338 e. The first kappa shape index (κ1) is 17.9. The standard InChI is InChI=1S/C18H22F3N3O/c1-12-6-8-15(9-7-12)24(2)11-16-22-17(23-25-16)13-4-3-5-14(10-13)18(19,20)21/h3-5,10,12,15H,6-9,11H2,1-2H3. The third kappa shape index (κ3) is 4.39. The van der Waals surface area contributed by atoms with E-state index in [4.69, 9.17) is 4.52 Å². The number of rotatable bonds is 4. The molecule has 136 valence electrons. The van der Waals surface area contributed by atoms with Crippen LogP contribution in [-0.2, 0) is 12.7 Å².